The van der Waals surface area contributed by atoms with E-state index in [2.05, 4.69) is 20.2 Å². The molecule has 0 amide bonds. The van der Waals surface area contributed by atoms with Gasteiger partial charge in [0, 0.05) is 18.7 Å². The van der Waals surface area contributed by atoms with Crippen LogP contribution in [0.4, 0.5) is 11.4 Å². The summed E-state index contributed by atoms with van der Waals surface area (Å²) in [4.78, 5) is 4.18. The molecule has 2 rings (SSSR count). The quantitative estimate of drug-likeness (QED) is 0.664. The van der Waals surface area contributed by atoms with Crippen molar-refractivity contribution in [2.75, 3.05) is 24.6 Å². The number of nitrogens with two attached hydrogens (primary N) is 1. The predicted octanol–water partition coefficient (Wildman–Crippen LogP) is 0.523. The molecule has 2 aromatic rings. The van der Waals surface area contributed by atoms with Crippen LogP contribution in [-0.4, -0.2) is 32.2 Å². The van der Waals surface area contributed by atoms with Crippen LogP contribution < -0.4 is 15.8 Å². The number of nitrogens with one attached hydrogen (secondary N) is 2. The SMILES string of the molecule is CNS(=O)(=O)c1cc(N)ccc1NCCc1nc(C)no1. The molecular formula is C12H17N5O3S. The van der Waals surface area contributed by atoms with Gasteiger partial charge in [0.2, 0.25) is 15.9 Å². The highest BCUT2D eigenvalue weighted by atomic mass is 32.2. The van der Waals surface area contributed by atoms with Gasteiger partial charge in [-0.2, -0.15) is 4.98 Å². The zero-order chi connectivity index (χ0) is 15.5. The Morgan fingerprint density at radius 2 is 2.14 bits per heavy atom. The summed E-state index contributed by atoms with van der Waals surface area (Å²) in [5, 5.41) is 6.72. The third-order valence-electron chi connectivity index (χ3n) is 2.79. The van der Waals surface area contributed by atoms with Crippen molar-refractivity contribution in [3.05, 3.63) is 29.9 Å². The van der Waals surface area contributed by atoms with Crippen LogP contribution in [0.15, 0.2) is 27.6 Å². The summed E-state index contributed by atoms with van der Waals surface area (Å²) >= 11 is 0. The maximum absolute atomic E-state index is 12.0. The van der Waals surface area contributed by atoms with Gasteiger partial charge in [-0.3, -0.25) is 0 Å². The normalized spacial score (nSPS) is 11.5. The highest BCUT2D eigenvalue weighted by Crippen LogP contribution is 2.23. The van der Waals surface area contributed by atoms with Crippen molar-refractivity contribution < 1.29 is 12.9 Å². The Bertz CT molecular complexity index is 726. The van der Waals surface area contributed by atoms with Crippen LogP contribution in [0.3, 0.4) is 0 Å². The number of aromatic nitrogens is 2. The molecule has 0 aliphatic carbocycles. The third-order valence-corrected chi connectivity index (χ3v) is 4.24. The number of hydrogen-bond donors (Lipinski definition) is 3. The Hall–Kier alpha value is -2.13. The van der Waals surface area contributed by atoms with E-state index in [1.807, 2.05) is 0 Å². The first-order chi connectivity index (χ1) is 9.92. The number of nitrogens with zero attached hydrogens (tertiary/aromatic N) is 2. The van der Waals surface area contributed by atoms with Crippen LogP contribution in [0.2, 0.25) is 0 Å². The molecule has 9 heteroatoms. The molecule has 0 atom stereocenters. The molecule has 0 aliphatic rings. The van der Waals surface area contributed by atoms with Gasteiger partial charge in [0.05, 0.1) is 5.69 Å². The highest BCUT2D eigenvalue weighted by molar-refractivity contribution is 7.89. The van der Waals surface area contributed by atoms with Crippen molar-refractivity contribution in [2.24, 2.45) is 0 Å². The number of nitrogen functional groups attached to an aromatic ring is 1. The number of sulfonamides is 1. The maximum atomic E-state index is 12.0. The lowest BCUT2D eigenvalue weighted by Gasteiger charge is -2.12. The molecule has 0 radical (unpaired) electrons. The fourth-order valence-corrected chi connectivity index (χ4v) is 2.70. The highest BCUT2D eigenvalue weighted by Gasteiger charge is 2.17. The summed E-state index contributed by atoms with van der Waals surface area (Å²) in [6.45, 7) is 2.19. The van der Waals surface area contributed by atoms with Gasteiger partial charge in [0.15, 0.2) is 5.82 Å². The molecule has 0 spiro atoms. The molecule has 8 nitrogen and oxygen atoms in total. The van der Waals surface area contributed by atoms with E-state index >= 15 is 0 Å². The first-order valence-corrected chi connectivity index (χ1v) is 7.77. The molecule has 21 heavy (non-hydrogen) atoms. The molecule has 0 aliphatic heterocycles. The summed E-state index contributed by atoms with van der Waals surface area (Å²) in [5.74, 6) is 1.06. The van der Waals surface area contributed by atoms with Crippen LogP contribution in [0.5, 0.6) is 0 Å². The number of hydrogen-bond acceptors (Lipinski definition) is 7. The van der Waals surface area contributed by atoms with E-state index in [4.69, 9.17) is 10.3 Å². The van der Waals surface area contributed by atoms with E-state index < -0.39 is 10.0 Å². The van der Waals surface area contributed by atoms with Crippen molar-refractivity contribution >= 4 is 21.4 Å². The lowest BCUT2D eigenvalue weighted by atomic mass is 10.2. The molecule has 0 unspecified atom stereocenters. The molecule has 0 saturated carbocycles. The van der Waals surface area contributed by atoms with Crippen LogP contribution in [0.1, 0.15) is 11.7 Å². The summed E-state index contributed by atoms with van der Waals surface area (Å²) in [7, 11) is -2.24. The largest absolute Gasteiger partial charge is 0.399 e. The maximum Gasteiger partial charge on any atom is 0.242 e. The lowest BCUT2D eigenvalue weighted by Crippen LogP contribution is -2.21. The second-order valence-electron chi connectivity index (χ2n) is 4.38. The van der Waals surface area contributed by atoms with Gasteiger partial charge in [-0.1, -0.05) is 5.16 Å². The van der Waals surface area contributed by atoms with Crippen molar-refractivity contribution in [2.45, 2.75) is 18.2 Å². The van der Waals surface area contributed by atoms with Crippen LogP contribution in [-0.2, 0) is 16.4 Å². The Labute approximate surface area is 122 Å². The van der Waals surface area contributed by atoms with Gasteiger partial charge in [-0.05, 0) is 32.2 Å². The van der Waals surface area contributed by atoms with Gasteiger partial charge >= 0.3 is 0 Å². The van der Waals surface area contributed by atoms with Crippen molar-refractivity contribution in [3.63, 3.8) is 0 Å². The molecule has 114 valence electrons. The Morgan fingerprint density at radius 1 is 1.38 bits per heavy atom. The van der Waals surface area contributed by atoms with E-state index in [1.165, 1.54) is 13.1 Å². The Kier molecular flexibility index (Phi) is 4.43. The first-order valence-electron chi connectivity index (χ1n) is 6.28. The van der Waals surface area contributed by atoms with Crippen LogP contribution in [0.25, 0.3) is 0 Å². The standard InChI is InChI=1S/C12H17N5O3S/c1-8-16-12(20-17-8)5-6-15-10-4-3-9(13)7-11(10)21(18,19)14-2/h3-4,7,14-15H,5-6,13H2,1-2H3. The van der Waals surface area contributed by atoms with Crippen LogP contribution >= 0.6 is 0 Å². The van der Waals surface area contributed by atoms with Gasteiger partial charge in [0.25, 0.3) is 0 Å². The summed E-state index contributed by atoms with van der Waals surface area (Å²) in [6, 6.07) is 4.66. The zero-order valence-electron chi connectivity index (χ0n) is 11.8. The molecule has 1 aromatic carbocycles. The summed E-state index contributed by atoms with van der Waals surface area (Å²) in [6.07, 6.45) is 0.490. The number of anilines is 2. The second-order valence-corrected chi connectivity index (χ2v) is 6.23. The van der Waals surface area contributed by atoms with Gasteiger partial charge in [-0.25, -0.2) is 13.1 Å². The fraction of sp³-hybridized carbons (Fsp3) is 0.333. The summed E-state index contributed by atoms with van der Waals surface area (Å²) in [5.41, 5.74) is 6.49. The van der Waals surface area contributed by atoms with Crippen molar-refractivity contribution in [1.29, 1.82) is 0 Å². The van der Waals surface area contributed by atoms with Crippen molar-refractivity contribution in [3.8, 4) is 0 Å². The number of aryl methyl sites for hydroxylation is 1. The Balaban J connectivity index is 2.13. The zero-order valence-corrected chi connectivity index (χ0v) is 12.6. The van der Waals surface area contributed by atoms with Crippen LogP contribution in [0, 0.1) is 6.92 Å². The predicted molar refractivity (Wildman–Crippen MR) is 78.3 cm³/mol. The van der Waals surface area contributed by atoms with Gasteiger partial charge in [0.1, 0.15) is 4.90 Å². The lowest BCUT2D eigenvalue weighted by molar-refractivity contribution is 0.377. The van der Waals surface area contributed by atoms with E-state index in [9.17, 15) is 8.42 Å². The third kappa shape index (κ3) is 3.70. The van der Waals surface area contributed by atoms with Gasteiger partial charge in [-0.15, -0.1) is 0 Å². The number of benzene rings is 1. The molecule has 1 aromatic heterocycles. The van der Waals surface area contributed by atoms with E-state index in [0.717, 1.165) is 0 Å². The molecule has 0 saturated heterocycles. The monoisotopic (exact) mass is 311 g/mol. The Morgan fingerprint density at radius 3 is 2.76 bits per heavy atom. The first kappa shape index (κ1) is 15.3. The smallest absolute Gasteiger partial charge is 0.242 e. The topological polar surface area (TPSA) is 123 Å². The fourth-order valence-electron chi connectivity index (χ4n) is 1.76. The molecule has 1 heterocycles. The minimum absolute atomic E-state index is 0.103. The van der Waals surface area contributed by atoms with E-state index in [-0.39, 0.29) is 4.90 Å². The molecule has 4 N–H and O–H groups in total. The summed E-state index contributed by atoms with van der Waals surface area (Å²) < 4.78 is 31.2. The minimum Gasteiger partial charge on any atom is -0.399 e. The molecule has 0 fully saturated rings. The van der Waals surface area contributed by atoms with Gasteiger partial charge < -0.3 is 15.6 Å². The average Bonchev–Trinajstić information content (AvgIpc) is 2.86. The molecular weight excluding hydrogens is 294 g/mol. The van der Waals surface area contributed by atoms with Crippen molar-refractivity contribution in [1.82, 2.24) is 14.9 Å². The number of rotatable bonds is 6. The average molecular weight is 311 g/mol. The minimum atomic E-state index is -3.59. The van der Waals surface area contributed by atoms with E-state index in [1.54, 1.807) is 19.1 Å². The second kappa shape index (κ2) is 6.10. The molecule has 0 bridgehead atoms. The van der Waals surface area contributed by atoms with E-state index in [0.29, 0.717) is 36.1 Å².